The summed E-state index contributed by atoms with van der Waals surface area (Å²) in [6.07, 6.45) is 0.462. The summed E-state index contributed by atoms with van der Waals surface area (Å²) >= 11 is 5.85. The lowest BCUT2D eigenvalue weighted by molar-refractivity contribution is -0.144. The first-order chi connectivity index (χ1) is 13.1. The van der Waals surface area contributed by atoms with Gasteiger partial charge in [-0.25, -0.2) is 0 Å². The van der Waals surface area contributed by atoms with Crippen LogP contribution in [0.3, 0.4) is 0 Å². The number of halogens is 1. The van der Waals surface area contributed by atoms with E-state index in [0.29, 0.717) is 28.3 Å². The van der Waals surface area contributed by atoms with Crippen LogP contribution in [0.25, 0.3) is 0 Å². The number of carbonyl (C=O) groups is 3. The Hall–Kier alpha value is -2.86. The zero-order valence-electron chi connectivity index (χ0n) is 14.5. The number of rotatable bonds is 8. The topological polar surface area (TPSA) is 72.9 Å². The first-order valence-corrected chi connectivity index (χ1v) is 8.93. The maximum atomic E-state index is 12.2. The Bertz CT molecular complexity index is 832. The van der Waals surface area contributed by atoms with Crippen LogP contribution >= 0.6 is 11.6 Å². The molecule has 2 aromatic rings. The Balaban J connectivity index is 1.35. The minimum atomic E-state index is -0.402. The minimum absolute atomic E-state index is 0.109. The zero-order valence-corrected chi connectivity index (χ0v) is 15.3. The number of imide groups is 1. The summed E-state index contributed by atoms with van der Waals surface area (Å²) < 4.78 is 10.5. The number of amides is 2. The normalized spacial score (nSPS) is 12.9. The molecule has 0 saturated heterocycles. The van der Waals surface area contributed by atoms with E-state index in [2.05, 4.69) is 0 Å². The molecule has 0 saturated carbocycles. The second kappa shape index (κ2) is 8.68. The van der Waals surface area contributed by atoms with Gasteiger partial charge < -0.3 is 9.47 Å². The van der Waals surface area contributed by atoms with Crippen molar-refractivity contribution >= 4 is 29.4 Å². The van der Waals surface area contributed by atoms with Crippen molar-refractivity contribution in [2.45, 2.75) is 12.8 Å². The maximum Gasteiger partial charge on any atom is 0.305 e. The number of hydrogen-bond acceptors (Lipinski definition) is 5. The van der Waals surface area contributed by atoms with Crippen molar-refractivity contribution in [3.63, 3.8) is 0 Å². The third-order valence-electron chi connectivity index (χ3n) is 4.05. The van der Waals surface area contributed by atoms with Crippen molar-refractivity contribution < 1.29 is 23.9 Å². The van der Waals surface area contributed by atoms with Crippen molar-refractivity contribution in [3.05, 3.63) is 64.7 Å². The van der Waals surface area contributed by atoms with E-state index in [9.17, 15) is 14.4 Å². The molecule has 0 aliphatic carbocycles. The Labute approximate surface area is 161 Å². The SMILES string of the molecule is O=C(CCCN1C(=O)c2ccccc2C1=O)OCCOc1cccc(Cl)c1. The number of ether oxygens (including phenoxy) is 2. The lowest BCUT2D eigenvalue weighted by atomic mass is 10.1. The Morgan fingerprint density at radius 2 is 1.67 bits per heavy atom. The van der Waals surface area contributed by atoms with E-state index in [-0.39, 0.29) is 38.0 Å². The van der Waals surface area contributed by atoms with Gasteiger partial charge in [0.2, 0.25) is 0 Å². The van der Waals surface area contributed by atoms with E-state index < -0.39 is 5.97 Å². The van der Waals surface area contributed by atoms with Gasteiger partial charge in [-0.1, -0.05) is 29.8 Å². The van der Waals surface area contributed by atoms with E-state index in [1.54, 1.807) is 48.5 Å². The molecule has 7 heteroatoms. The standard InChI is InChI=1S/C20H18ClNO5/c21-14-5-3-6-15(13-14)26-11-12-27-18(23)9-4-10-22-19(24)16-7-1-2-8-17(16)20(22)25/h1-3,5-8,13H,4,9-12H2. The average Bonchev–Trinajstić information content (AvgIpc) is 2.90. The maximum absolute atomic E-state index is 12.2. The lowest BCUT2D eigenvalue weighted by Crippen LogP contribution is -2.31. The van der Waals surface area contributed by atoms with Gasteiger partial charge in [0.25, 0.3) is 11.8 Å². The molecule has 1 heterocycles. The van der Waals surface area contributed by atoms with E-state index in [1.165, 1.54) is 4.90 Å². The predicted octanol–water partition coefficient (Wildman–Crippen LogP) is 3.34. The van der Waals surface area contributed by atoms with Gasteiger partial charge in [-0.2, -0.15) is 0 Å². The molecule has 0 atom stereocenters. The van der Waals surface area contributed by atoms with Crippen LogP contribution in [0.15, 0.2) is 48.5 Å². The van der Waals surface area contributed by atoms with Crippen molar-refractivity contribution in [1.82, 2.24) is 4.90 Å². The van der Waals surface area contributed by atoms with Gasteiger partial charge in [0.15, 0.2) is 0 Å². The Morgan fingerprint density at radius 1 is 0.963 bits per heavy atom. The van der Waals surface area contributed by atoms with Crippen LogP contribution < -0.4 is 4.74 Å². The van der Waals surface area contributed by atoms with Gasteiger partial charge in [-0.15, -0.1) is 0 Å². The van der Waals surface area contributed by atoms with Crippen LogP contribution in [-0.2, 0) is 9.53 Å². The Kier molecular flexibility index (Phi) is 6.08. The molecular formula is C20H18ClNO5. The summed E-state index contributed by atoms with van der Waals surface area (Å²) in [5.41, 5.74) is 0.812. The van der Waals surface area contributed by atoms with Gasteiger partial charge in [-0.3, -0.25) is 19.3 Å². The van der Waals surface area contributed by atoms with E-state index in [4.69, 9.17) is 21.1 Å². The molecule has 27 heavy (non-hydrogen) atoms. The van der Waals surface area contributed by atoms with Crippen LogP contribution in [0.2, 0.25) is 5.02 Å². The minimum Gasteiger partial charge on any atom is -0.490 e. The highest BCUT2D eigenvalue weighted by molar-refractivity contribution is 6.30. The highest BCUT2D eigenvalue weighted by Gasteiger charge is 2.34. The van der Waals surface area contributed by atoms with Crippen LogP contribution in [0.4, 0.5) is 0 Å². The fourth-order valence-electron chi connectivity index (χ4n) is 2.77. The van der Waals surface area contributed by atoms with Gasteiger partial charge in [0.1, 0.15) is 19.0 Å². The summed E-state index contributed by atoms with van der Waals surface area (Å²) in [5.74, 6) is -0.441. The largest absolute Gasteiger partial charge is 0.490 e. The van der Waals surface area contributed by atoms with Crippen molar-refractivity contribution in [2.24, 2.45) is 0 Å². The monoisotopic (exact) mass is 387 g/mol. The van der Waals surface area contributed by atoms with Crippen LogP contribution in [-0.4, -0.2) is 42.4 Å². The van der Waals surface area contributed by atoms with Gasteiger partial charge >= 0.3 is 5.97 Å². The van der Waals surface area contributed by atoms with Crippen LogP contribution in [0, 0.1) is 0 Å². The number of carbonyl (C=O) groups excluding carboxylic acids is 3. The third kappa shape index (κ3) is 4.65. The third-order valence-corrected chi connectivity index (χ3v) is 4.29. The average molecular weight is 388 g/mol. The molecule has 0 unspecified atom stereocenters. The molecule has 6 nitrogen and oxygen atoms in total. The van der Waals surface area contributed by atoms with Crippen molar-refractivity contribution in [2.75, 3.05) is 19.8 Å². The summed E-state index contributed by atoms with van der Waals surface area (Å²) in [5, 5.41) is 0.567. The molecule has 0 radical (unpaired) electrons. The zero-order chi connectivity index (χ0) is 19.2. The number of nitrogens with zero attached hydrogens (tertiary/aromatic N) is 1. The molecule has 1 aliphatic rings. The predicted molar refractivity (Wildman–Crippen MR) is 98.9 cm³/mol. The summed E-state index contributed by atoms with van der Waals surface area (Å²) in [6, 6.07) is 13.6. The first kappa shape index (κ1) is 18.9. The summed E-state index contributed by atoms with van der Waals surface area (Å²) in [4.78, 5) is 37.4. The van der Waals surface area contributed by atoms with Crippen molar-refractivity contribution in [1.29, 1.82) is 0 Å². The molecule has 1 aliphatic heterocycles. The number of esters is 1. The van der Waals surface area contributed by atoms with Gasteiger partial charge in [0, 0.05) is 18.0 Å². The molecule has 0 spiro atoms. The Morgan fingerprint density at radius 3 is 2.33 bits per heavy atom. The molecule has 0 fully saturated rings. The molecule has 0 bridgehead atoms. The number of fused-ring (bicyclic) bond motifs is 1. The van der Waals surface area contributed by atoms with E-state index in [1.807, 2.05) is 0 Å². The lowest BCUT2D eigenvalue weighted by Gasteiger charge is -2.13. The number of benzene rings is 2. The quantitative estimate of drug-likeness (QED) is 0.394. The first-order valence-electron chi connectivity index (χ1n) is 8.55. The number of hydrogen-bond donors (Lipinski definition) is 0. The summed E-state index contributed by atoms with van der Waals surface area (Å²) in [7, 11) is 0. The molecular weight excluding hydrogens is 370 g/mol. The van der Waals surface area contributed by atoms with Gasteiger partial charge in [0.05, 0.1) is 11.1 Å². The molecule has 2 aromatic carbocycles. The van der Waals surface area contributed by atoms with Crippen molar-refractivity contribution in [3.8, 4) is 5.75 Å². The highest BCUT2D eigenvalue weighted by Crippen LogP contribution is 2.22. The molecule has 3 rings (SSSR count). The molecule has 140 valence electrons. The fourth-order valence-corrected chi connectivity index (χ4v) is 2.95. The van der Waals surface area contributed by atoms with E-state index in [0.717, 1.165) is 0 Å². The van der Waals surface area contributed by atoms with Gasteiger partial charge in [-0.05, 0) is 36.8 Å². The molecule has 0 N–H and O–H groups in total. The second-order valence-corrected chi connectivity index (χ2v) is 6.37. The highest BCUT2D eigenvalue weighted by atomic mass is 35.5. The second-order valence-electron chi connectivity index (χ2n) is 5.94. The summed E-state index contributed by atoms with van der Waals surface area (Å²) in [6.45, 7) is 0.503. The van der Waals surface area contributed by atoms with E-state index >= 15 is 0 Å². The smallest absolute Gasteiger partial charge is 0.305 e. The molecule has 2 amide bonds. The fraction of sp³-hybridized carbons (Fsp3) is 0.250. The molecule has 0 aromatic heterocycles. The van der Waals surface area contributed by atoms with Crippen LogP contribution in [0.1, 0.15) is 33.6 Å². The van der Waals surface area contributed by atoms with Crippen LogP contribution in [0.5, 0.6) is 5.75 Å².